The van der Waals surface area contributed by atoms with Crippen molar-refractivity contribution in [2.75, 3.05) is 24.6 Å². The third kappa shape index (κ3) is 15.2. The zero-order chi connectivity index (χ0) is 25.0. The SMILES string of the molecule is CCCCCCc1ccccc1S(=O)(=O)O.CCCC[PH](CCCC)(CCCC)CCCC. The first kappa shape index (κ1) is 32.6. The summed E-state index contributed by atoms with van der Waals surface area (Å²) in [6, 6.07) is 6.63. The molecule has 0 unspecified atom stereocenters. The maximum absolute atomic E-state index is 11.1. The number of hydrogen-bond donors (Lipinski definition) is 1. The van der Waals surface area contributed by atoms with Crippen molar-refractivity contribution in [3.8, 4) is 0 Å². The molecule has 0 amide bonds. The molecule has 0 saturated carbocycles. The van der Waals surface area contributed by atoms with Gasteiger partial charge in [-0.2, -0.15) is 8.42 Å². The monoisotopic (exact) mass is 502 g/mol. The van der Waals surface area contributed by atoms with Crippen molar-refractivity contribution in [3.63, 3.8) is 0 Å². The minimum absolute atomic E-state index is 0.0477. The Morgan fingerprint density at radius 3 is 1.45 bits per heavy atom. The first-order chi connectivity index (χ1) is 15.8. The molecule has 0 atom stereocenters. The van der Waals surface area contributed by atoms with Crippen molar-refractivity contribution in [2.45, 2.75) is 123 Å². The molecule has 0 aliphatic heterocycles. The van der Waals surface area contributed by atoms with Crippen LogP contribution in [0.5, 0.6) is 0 Å². The first-order valence-corrected chi connectivity index (χ1v) is 18.1. The number of benzene rings is 1. The molecule has 1 rings (SSSR count). The van der Waals surface area contributed by atoms with E-state index < -0.39 is 17.4 Å². The second-order valence-electron chi connectivity index (χ2n) is 9.81. The number of aryl methyl sites for hydroxylation is 1. The molecule has 0 spiro atoms. The first-order valence-electron chi connectivity index (χ1n) is 13.9. The van der Waals surface area contributed by atoms with Gasteiger partial charge in [0.15, 0.2) is 0 Å². The van der Waals surface area contributed by atoms with E-state index in [2.05, 4.69) is 34.6 Å². The summed E-state index contributed by atoms with van der Waals surface area (Å²) in [4.78, 5) is 0.0477. The van der Waals surface area contributed by atoms with Gasteiger partial charge in [0.2, 0.25) is 0 Å². The third-order valence-corrected chi connectivity index (χ3v) is 13.4. The van der Waals surface area contributed by atoms with E-state index in [1.807, 2.05) is 0 Å². The number of rotatable bonds is 18. The van der Waals surface area contributed by atoms with Crippen LogP contribution in [-0.2, 0) is 16.5 Å². The van der Waals surface area contributed by atoms with Crippen LogP contribution in [0.1, 0.15) is 117 Å². The Bertz CT molecular complexity index is 651. The van der Waals surface area contributed by atoms with E-state index in [0.717, 1.165) is 25.7 Å². The Morgan fingerprint density at radius 2 is 1.06 bits per heavy atom. The van der Waals surface area contributed by atoms with Gasteiger partial charge < -0.3 is 0 Å². The Labute approximate surface area is 207 Å². The van der Waals surface area contributed by atoms with Crippen LogP contribution in [-0.4, -0.2) is 37.6 Å². The van der Waals surface area contributed by atoms with Gasteiger partial charge in [0.05, 0.1) is 4.90 Å². The third-order valence-electron chi connectivity index (χ3n) is 6.79. The molecule has 33 heavy (non-hydrogen) atoms. The van der Waals surface area contributed by atoms with E-state index in [1.54, 1.807) is 42.8 Å². The van der Waals surface area contributed by atoms with Gasteiger partial charge in [-0.3, -0.25) is 4.55 Å². The van der Waals surface area contributed by atoms with Crippen LogP contribution >= 0.6 is 7.26 Å². The minimum atomic E-state index is -4.08. The van der Waals surface area contributed by atoms with Crippen molar-refractivity contribution in [1.29, 1.82) is 0 Å². The predicted octanol–water partition coefficient (Wildman–Crippen LogP) is 8.99. The fourth-order valence-corrected chi connectivity index (χ4v) is 11.3. The zero-order valence-electron chi connectivity index (χ0n) is 22.5. The van der Waals surface area contributed by atoms with Gasteiger partial charge in [-0.05, 0) is 24.5 Å². The van der Waals surface area contributed by atoms with Gasteiger partial charge in [0.1, 0.15) is 0 Å². The zero-order valence-corrected chi connectivity index (χ0v) is 24.3. The molecule has 0 aromatic heterocycles. The second-order valence-corrected chi connectivity index (χ2v) is 16.2. The van der Waals surface area contributed by atoms with Crippen LogP contribution in [0, 0.1) is 0 Å². The molecular weight excluding hydrogens is 447 g/mol. The van der Waals surface area contributed by atoms with Crippen molar-refractivity contribution in [3.05, 3.63) is 29.8 Å². The van der Waals surface area contributed by atoms with Gasteiger partial charge >= 0.3 is 111 Å². The Kier molecular flexibility index (Phi) is 19.6. The second kappa shape index (κ2) is 19.8. The van der Waals surface area contributed by atoms with E-state index in [4.69, 9.17) is 4.55 Å². The van der Waals surface area contributed by atoms with Gasteiger partial charge in [0.25, 0.3) is 10.1 Å². The van der Waals surface area contributed by atoms with Crippen LogP contribution in [0.3, 0.4) is 0 Å². The maximum atomic E-state index is 11.1. The van der Waals surface area contributed by atoms with Crippen molar-refractivity contribution in [2.24, 2.45) is 0 Å². The molecule has 0 aliphatic carbocycles. The molecule has 3 nitrogen and oxygen atoms in total. The molecule has 196 valence electrons. The van der Waals surface area contributed by atoms with E-state index in [9.17, 15) is 8.42 Å². The number of unbranched alkanes of at least 4 members (excludes halogenated alkanes) is 7. The Balaban J connectivity index is 0.000000621. The summed E-state index contributed by atoms with van der Waals surface area (Å²) in [6.07, 6.45) is 23.2. The molecule has 0 fully saturated rings. The van der Waals surface area contributed by atoms with E-state index >= 15 is 0 Å². The van der Waals surface area contributed by atoms with E-state index in [0.29, 0.717) is 12.0 Å². The van der Waals surface area contributed by atoms with Crippen LogP contribution in [0.4, 0.5) is 0 Å². The van der Waals surface area contributed by atoms with Crippen LogP contribution in [0.25, 0.3) is 0 Å². The fraction of sp³-hybridized carbons (Fsp3) is 0.786. The molecule has 0 bridgehead atoms. The van der Waals surface area contributed by atoms with Gasteiger partial charge in [0, 0.05) is 0 Å². The van der Waals surface area contributed by atoms with Crippen molar-refractivity contribution < 1.29 is 13.0 Å². The predicted molar refractivity (Wildman–Crippen MR) is 152 cm³/mol. The van der Waals surface area contributed by atoms with Crippen LogP contribution in [0.15, 0.2) is 29.2 Å². The molecule has 1 aromatic carbocycles. The van der Waals surface area contributed by atoms with Gasteiger partial charge in [-0.1, -0.05) is 44.4 Å². The Hall–Kier alpha value is -0.440. The van der Waals surface area contributed by atoms with Gasteiger partial charge in [-0.25, -0.2) is 0 Å². The summed E-state index contributed by atoms with van der Waals surface area (Å²) in [5.74, 6) is 0. The molecule has 0 aliphatic rings. The number of hydrogen-bond acceptors (Lipinski definition) is 2. The van der Waals surface area contributed by atoms with Gasteiger partial charge in [-0.15, -0.1) is 0 Å². The van der Waals surface area contributed by atoms with Crippen molar-refractivity contribution in [1.82, 2.24) is 0 Å². The normalized spacial score (nSPS) is 12.3. The van der Waals surface area contributed by atoms with Crippen molar-refractivity contribution >= 4 is 17.4 Å². The standard InChI is InChI=1S/C16H37P.C12H18O3S/c1-5-9-13-17(14-10-6-2,15-11-7-3)16-12-8-4;1-2-3-4-5-8-11-9-6-7-10-12(11)16(13,14)15/h17H,5-16H2,1-4H3;6-7,9-10H,2-5,8H2,1H3,(H,13,14,15). The quantitative estimate of drug-likeness (QED) is 0.124. The summed E-state index contributed by atoms with van der Waals surface area (Å²) in [5, 5.41) is 0. The average Bonchev–Trinajstić information content (AvgIpc) is 2.81. The molecule has 0 saturated heterocycles. The fourth-order valence-electron chi connectivity index (χ4n) is 4.66. The summed E-state index contributed by atoms with van der Waals surface area (Å²) in [5.41, 5.74) is 0.709. The summed E-state index contributed by atoms with van der Waals surface area (Å²) >= 11 is 0. The van der Waals surface area contributed by atoms with E-state index in [1.165, 1.54) is 57.4 Å². The van der Waals surface area contributed by atoms with Crippen LogP contribution in [0.2, 0.25) is 0 Å². The molecule has 5 heteroatoms. The molecule has 0 heterocycles. The molecule has 1 aromatic rings. The summed E-state index contributed by atoms with van der Waals surface area (Å²) < 4.78 is 31.2. The summed E-state index contributed by atoms with van der Waals surface area (Å²) in [6.45, 7) is 11.6. The summed E-state index contributed by atoms with van der Waals surface area (Å²) in [7, 11) is -4.96. The van der Waals surface area contributed by atoms with Crippen LogP contribution < -0.4 is 0 Å². The topological polar surface area (TPSA) is 54.4 Å². The Morgan fingerprint density at radius 1 is 0.636 bits per heavy atom. The molecular formula is C28H55O3PS. The molecule has 0 radical (unpaired) electrons. The average molecular weight is 503 g/mol. The van der Waals surface area contributed by atoms with E-state index in [-0.39, 0.29) is 4.90 Å². The molecule has 1 N–H and O–H groups in total.